The summed E-state index contributed by atoms with van der Waals surface area (Å²) < 4.78 is 45.9. The summed E-state index contributed by atoms with van der Waals surface area (Å²) in [6, 6.07) is 6.38. The molecule has 0 fully saturated rings. The van der Waals surface area contributed by atoms with E-state index in [0.717, 1.165) is 40.5 Å². The first-order chi connectivity index (χ1) is 17.4. The number of hydrogen-bond acceptors (Lipinski definition) is 4. The second kappa shape index (κ2) is 12.9. The molecule has 0 spiro atoms. The average molecular weight is 491 g/mol. The lowest BCUT2D eigenvalue weighted by molar-refractivity contribution is -0.104. The minimum Gasteiger partial charge on any atom is -0.439 e. The van der Waals surface area contributed by atoms with Crippen LogP contribution in [-0.4, -0.2) is 23.9 Å². The van der Waals surface area contributed by atoms with Crippen molar-refractivity contribution < 1.29 is 22.7 Å². The zero-order chi connectivity index (χ0) is 25.9. The second-order valence-corrected chi connectivity index (χ2v) is 7.64. The molecule has 1 aromatic rings. The van der Waals surface area contributed by atoms with Gasteiger partial charge in [-0.1, -0.05) is 36.9 Å². The van der Waals surface area contributed by atoms with Crippen LogP contribution < -0.4 is 0 Å². The molecule has 184 valence electrons. The third-order valence-corrected chi connectivity index (χ3v) is 5.19. The van der Waals surface area contributed by atoms with Crippen molar-refractivity contribution in [1.82, 2.24) is 5.01 Å². The Balaban J connectivity index is 1.96. The van der Waals surface area contributed by atoms with Gasteiger partial charge in [-0.05, 0) is 84.2 Å². The van der Waals surface area contributed by atoms with Crippen molar-refractivity contribution >= 4 is 17.8 Å². The van der Waals surface area contributed by atoms with Crippen LogP contribution in [-0.2, 0) is 9.53 Å². The van der Waals surface area contributed by atoms with Gasteiger partial charge in [-0.15, -0.1) is 5.10 Å². The van der Waals surface area contributed by atoms with Gasteiger partial charge in [-0.3, -0.25) is 4.79 Å². The lowest BCUT2D eigenvalue weighted by Gasteiger charge is -2.23. The van der Waals surface area contributed by atoms with Gasteiger partial charge in [0.1, 0.15) is 30.4 Å². The van der Waals surface area contributed by atoms with Crippen LogP contribution in [0, 0.1) is 5.82 Å². The van der Waals surface area contributed by atoms with Gasteiger partial charge < -0.3 is 4.74 Å². The van der Waals surface area contributed by atoms with Crippen LogP contribution in [0.4, 0.5) is 13.2 Å². The maximum Gasteiger partial charge on any atom is 0.236 e. The summed E-state index contributed by atoms with van der Waals surface area (Å²) in [4.78, 5) is 11.0. The van der Waals surface area contributed by atoms with E-state index in [0.29, 0.717) is 18.4 Å². The maximum atomic E-state index is 13.8. The number of aldehydes is 1. The van der Waals surface area contributed by atoms with E-state index in [9.17, 15) is 18.0 Å². The average Bonchev–Trinajstić information content (AvgIpc) is 3.16. The monoisotopic (exact) mass is 490 g/mol. The molecule has 2 aliphatic rings. The minimum atomic E-state index is -0.980. The molecule has 1 aliphatic heterocycles. The van der Waals surface area contributed by atoms with Crippen LogP contribution in [0.2, 0.25) is 0 Å². The molecule has 3 rings (SSSR count). The Morgan fingerprint density at radius 2 is 2.08 bits per heavy atom. The Hall–Kier alpha value is -4.39. The third kappa shape index (κ3) is 7.06. The van der Waals surface area contributed by atoms with E-state index in [-0.39, 0.29) is 17.5 Å². The fraction of sp³-hybridized carbons (Fsp3) is 0.103. The van der Waals surface area contributed by atoms with Gasteiger partial charge in [0.05, 0.1) is 5.70 Å². The summed E-state index contributed by atoms with van der Waals surface area (Å²) in [5.41, 5.74) is 3.95. The number of hydrogen-bond donors (Lipinski definition) is 0. The molecule has 36 heavy (non-hydrogen) atoms. The number of carbonyl (C=O) groups excluding carboxylic acids is 1. The molecule has 0 unspecified atom stereocenters. The van der Waals surface area contributed by atoms with Crippen LogP contribution in [0.3, 0.4) is 0 Å². The molecule has 0 aromatic heterocycles. The largest absolute Gasteiger partial charge is 0.439 e. The van der Waals surface area contributed by atoms with E-state index in [2.05, 4.69) is 11.7 Å². The van der Waals surface area contributed by atoms with E-state index in [4.69, 9.17) is 4.74 Å². The van der Waals surface area contributed by atoms with E-state index in [1.54, 1.807) is 18.2 Å². The highest BCUT2D eigenvalue weighted by Crippen LogP contribution is 2.29. The normalized spacial score (nSPS) is 17.9. The Bertz CT molecular complexity index is 1290. The van der Waals surface area contributed by atoms with Gasteiger partial charge in [0.15, 0.2) is 0 Å². The maximum absolute atomic E-state index is 13.8. The highest BCUT2D eigenvalue weighted by molar-refractivity contribution is 5.90. The number of halogens is 3. The fourth-order valence-corrected chi connectivity index (χ4v) is 3.40. The fourth-order valence-electron chi connectivity index (χ4n) is 3.40. The molecule has 0 N–H and O–H groups in total. The van der Waals surface area contributed by atoms with Crippen molar-refractivity contribution in [2.24, 2.45) is 5.10 Å². The van der Waals surface area contributed by atoms with Crippen molar-refractivity contribution in [3.8, 4) is 0 Å². The Morgan fingerprint density at radius 1 is 1.25 bits per heavy atom. The predicted octanol–water partition coefficient (Wildman–Crippen LogP) is 7.18. The van der Waals surface area contributed by atoms with Crippen LogP contribution >= 0.6 is 0 Å². The first-order valence-electron chi connectivity index (χ1n) is 11.1. The number of carbonyl (C=O) groups is 1. The first kappa shape index (κ1) is 26.2. The molecule has 4 nitrogen and oxygen atoms in total. The number of nitrogens with zero attached hydrogens (tertiary/aromatic N) is 2. The number of ether oxygens (including phenoxy) is 1. The smallest absolute Gasteiger partial charge is 0.236 e. The molecule has 0 radical (unpaired) electrons. The van der Waals surface area contributed by atoms with Gasteiger partial charge in [0.2, 0.25) is 5.90 Å². The molecule has 0 saturated carbocycles. The molecular formula is C29H25F3N2O2. The van der Waals surface area contributed by atoms with Crippen LogP contribution in [0.1, 0.15) is 18.9 Å². The molecule has 0 amide bonds. The highest BCUT2D eigenvalue weighted by atomic mass is 19.1. The van der Waals surface area contributed by atoms with Crippen molar-refractivity contribution in [2.75, 3.05) is 6.67 Å². The quantitative estimate of drug-likeness (QED) is 0.168. The zero-order valence-corrected chi connectivity index (χ0v) is 19.7. The lowest BCUT2D eigenvalue weighted by atomic mass is 9.98. The Morgan fingerprint density at radius 3 is 2.81 bits per heavy atom. The predicted molar refractivity (Wildman–Crippen MR) is 137 cm³/mol. The molecule has 7 heteroatoms. The SMILES string of the molecule is C=C/C(F)=C\C=C(/CF)OC1=NN(/C=C\C=O)/C(=C(\C)C2=CC(c3cccc(F)c3)=CCC=C2)C=C1. The third-order valence-electron chi connectivity index (χ3n) is 5.19. The lowest BCUT2D eigenvalue weighted by Crippen LogP contribution is -2.19. The number of rotatable bonds is 8. The van der Waals surface area contributed by atoms with Crippen LogP contribution in [0.25, 0.3) is 5.57 Å². The van der Waals surface area contributed by atoms with Crippen molar-refractivity contribution in [3.63, 3.8) is 0 Å². The standard InChI is InChI=1S/C29H25F3N2O2/c1-3-25(31)12-13-27(20-30)36-29-15-14-28(34(33-29)16-7-17-35)21(2)22-8-4-5-9-23(18-22)24-10-6-11-26(32)19-24/h3-4,6-19H,1,5,20H2,2H3/b16-7-,25-12+,27-13+,28-21+. The Kier molecular flexibility index (Phi) is 9.40. The van der Waals surface area contributed by atoms with E-state index in [1.807, 2.05) is 37.3 Å². The number of hydrazone groups is 1. The molecule has 1 heterocycles. The van der Waals surface area contributed by atoms with E-state index in [1.165, 1.54) is 29.4 Å². The van der Waals surface area contributed by atoms with Gasteiger partial charge in [-0.2, -0.15) is 0 Å². The molecule has 1 aromatic carbocycles. The van der Waals surface area contributed by atoms with Gasteiger partial charge >= 0.3 is 0 Å². The van der Waals surface area contributed by atoms with Crippen LogP contribution in [0.15, 0.2) is 131 Å². The molecule has 1 aliphatic carbocycles. The molecule has 0 bridgehead atoms. The zero-order valence-electron chi connectivity index (χ0n) is 19.7. The summed E-state index contributed by atoms with van der Waals surface area (Å²) in [6.45, 7) is 4.21. The van der Waals surface area contributed by atoms with Gasteiger partial charge in [-0.25, -0.2) is 18.2 Å². The topological polar surface area (TPSA) is 41.9 Å². The van der Waals surface area contributed by atoms with E-state index >= 15 is 0 Å². The summed E-state index contributed by atoms with van der Waals surface area (Å²) in [7, 11) is 0. The second-order valence-electron chi connectivity index (χ2n) is 7.64. The Labute approximate surface area is 208 Å². The number of allylic oxidation sites excluding steroid dienone is 14. The number of benzene rings is 1. The van der Waals surface area contributed by atoms with E-state index < -0.39 is 12.5 Å². The van der Waals surface area contributed by atoms with Crippen molar-refractivity contribution in [3.05, 3.63) is 138 Å². The van der Waals surface area contributed by atoms with Crippen molar-refractivity contribution in [2.45, 2.75) is 13.3 Å². The first-order valence-corrected chi connectivity index (χ1v) is 11.1. The summed E-state index contributed by atoms with van der Waals surface area (Å²) in [5, 5.41) is 5.77. The van der Waals surface area contributed by atoms with Gasteiger partial charge in [0.25, 0.3) is 0 Å². The number of alkyl halides is 1. The van der Waals surface area contributed by atoms with Gasteiger partial charge in [0, 0.05) is 12.3 Å². The summed E-state index contributed by atoms with van der Waals surface area (Å²) in [6.07, 6.45) is 18.3. The molecule has 0 atom stereocenters. The summed E-state index contributed by atoms with van der Waals surface area (Å²) >= 11 is 0. The van der Waals surface area contributed by atoms with Crippen molar-refractivity contribution in [1.29, 1.82) is 0 Å². The summed E-state index contributed by atoms with van der Waals surface area (Å²) in [5.74, 6) is -1.07. The molecule has 0 saturated heterocycles. The molecular weight excluding hydrogens is 465 g/mol. The minimum absolute atomic E-state index is 0.0455. The highest BCUT2D eigenvalue weighted by Gasteiger charge is 2.17. The van der Waals surface area contributed by atoms with Crippen LogP contribution in [0.5, 0.6) is 0 Å².